The van der Waals surface area contributed by atoms with Crippen LogP contribution in [0, 0.1) is 0 Å². The maximum atomic E-state index is 12.4. The summed E-state index contributed by atoms with van der Waals surface area (Å²) in [7, 11) is 0. The highest BCUT2D eigenvalue weighted by Gasteiger charge is 2.41. The third-order valence-electron chi connectivity index (χ3n) is 4.59. The fourth-order valence-corrected chi connectivity index (χ4v) is 3.08. The molecule has 1 atom stereocenters. The first-order valence-electron chi connectivity index (χ1n) is 8.54. The van der Waals surface area contributed by atoms with Gasteiger partial charge in [0.25, 0.3) is 11.8 Å². The summed E-state index contributed by atoms with van der Waals surface area (Å²) < 4.78 is 15.4. The number of fused-ring (bicyclic) bond motifs is 2. The number of imide groups is 1. The van der Waals surface area contributed by atoms with Gasteiger partial charge in [-0.15, -0.1) is 0 Å². The minimum Gasteiger partial charge on any atom is -0.456 e. The molecule has 0 unspecified atom stereocenters. The summed E-state index contributed by atoms with van der Waals surface area (Å²) in [5, 5.41) is 0. The van der Waals surface area contributed by atoms with Crippen molar-refractivity contribution in [2.45, 2.75) is 13.0 Å². The topological polar surface area (TPSA) is 99.2 Å². The van der Waals surface area contributed by atoms with E-state index in [1.54, 1.807) is 18.2 Å². The van der Waals surface area contributed by atoms with Crippen molar-refractivity contribution in [1.29, 1.82) is 0 Å². The standard InChI is InChI=1S/C20H15NO7/c1-11(21-18(23)13-4-2-3-5-14(13)19(21)24)20(25)26-9-15(22)12-6-7-16-17(8-12)28-10-27-16/h2-8,11H,9-10H2,1H3/t11-/m0/s1. The molecule has 0 saturated heterocycles. The lowest BCUT2D eigenvalue weighted by Crippen LogP contribution is -2.44. The van der Waals surface area contributed by atoms with E-state index in [2.05, 4.69) is 0 Å². The van der Waals surface area contributed by atoms with Crippen LogP contribution in [0.4, 0.5) is 0 Å². The first-order valence-corrected chi connectivity index (χ1v) is 8.54. The third-order valence-corrected chi connectivity index (χ3v) is 4.59. The molecule has 2 heterocycles. The summed E-state index contributed by atoms with van der Waals surface area (Å²) in [6.45, 7) is 0.945. The van der Waals surface area contributed by atoms with Crippen molar-refractivity contribution in [2.24, 2.45) is 0 Å². The van der Waals surface area contributed by atoms with Crippen LogP contribution in [-0.2, 0) is 9.53 Å². The number of ketones is 1. The van der Waals surface area contributed by atoms with Gasteiger partial charge in [0.1, 0.15) is 6.04 Å². The van der Waals surface area contributed by atoms with Crippen LogP contribution in [0.5, 0.6) is 11.5 Å². The number of carbonyl (C=O) groups is 4. The largest absolute Gasteiger partial charge is 0.456 e. The van der Waals surface area contributed by atoms with Gasteiger partial charge in [0, 0.05) is 5.56 Å². The van der Waals surface area contributed by atoms with Gasteiger partial charge in [0.05, 0.1) is 11.1 Å². The Bertz CT molecular complexity index is 978. The van der Waals surface area contributed by atoms with E-state index >= 15 is 0 Å². The Morgan fingerprint density at radius 2 is 1.68 bits per heavy atom. The maximum absolute atomic E-state index is 12.4. The maximum Gasteiger partial charge on any atom is 0.329 e. The zero-order valence-corrected chi connectivity index (χ0v) is 14.8. The third kappa shape index (κ3) is 2.88. The smallest absolute Gasteiger partial charge is 0.329 e. The summed E-state index contributed by atoms with van der Waals surface area (Å²) >= 11 is 0. The number of esters is 1. The number of hydrogen-bond acceptors (Lipinski definition) is 7. The van der Waals surface area contributed by atoms with Gasteiger partial charge in [-0.05, 0) is 37.3 Å². The van der Waals surface area contributed by atoms with Crippen molar-refractivity contribution >= 4 is 23.6 Å². The Morgan fingerprint density at radius 3 is 2.36 bits per heavy atom. The van der Waals surface area contributed by atoms with E-state index in [1.165, 1.54) is 31.2 Å². The molecule has 0 aromatic heterocycles. The Hall–Kier alpha value is -3.68. The molecule has 8 heteroatoms. The van der Waals surface area contributed by atoms with Crippen LogP contribution in [0.2, 0.25) is 0 Å². The van der Waals surface area contributed by atoms with Crippen molar-refractivity contribution in [3.63, 3.8) is 0 Å². The molecule has 0 radical (unpaired) electrons. The number of benzene rings is 2. The number of ether oxygens (including phenoxy) is 3. The lowest BCUT2D eigenvalue weighted by Gasteiger charge is -2.20. The number of rotatable bonds is 5. The Balaban J connectivity index is 1.41. The predicted molar refractivity (Wildman–Crippen MR) is 94.3 cm³/mol. The highest BCUT2D eigenvalue weighted by Crippen LogP contribution is 2.32. The monoisotopic (exact) mass is 381 g/mol. The number of Topliss-reactive ketones (excluding diaryl/α,β-unsaturated/α-hetero) is 1. The molecule has 2 aromatic rings. The van der Waals surface area contributed by atoms with Gasteiger partial charge in [0.2, 0.25) is 6.79 Å². The van der Waals surface area contributed by atoms with Gasteiger partial charge in [-0.1, -0.05) is 12.1 Å². The molecule has 2 aliphatic rings. The molecule has 0 aliphatic carbocycles. The highest BCUT2D eigenvalue weighted by molar-refractivity contribution is 6.22. The van der Waals surface area contributed by atoms with E-state index in [9.17, 15) is 19.2 Å². The first-order chi connectivity index (χ1) is 13.5. The Morgan fingerprint density at radius 1 is 1.04 bits per heavy atom. The highest BCUT2D eigenvalue weighted by atomic mass is 16.7. The summed E-state index contributed by atoms with van der Waals surface area (Å²) in [5.41, 5.74) is 0.776. The fourth-order valence-electron chi connectivity index (χ4n) is 3.08. The quantitative estimate of drug-likeness (QED) is 0.443. The van der Waals surface area contributed by atoms with Crippen molar-refractivity contribution < 1.29 is 33.4 Å². The van der Waals surface area contributed by atoms with Crippen LogP contribution < -0.4 is 9.47 Å². The predicted octanol–water partition coefficient (Wildman–Crippen LogP) is 1.83. The van der Waals surface area contributed by atoms with Crippen LogP contribution >= 0.6 is 0 Å². The second-order valence-corrected chi connectivity index (χ2v) is 6.30. The van der Waals surface area contributed by atoms with Crippen molar-refractivity contribution in [3.8, 4) is 11.5 Å². The molecular formula is C20H15NO7. The van der Waals surface area contributed by atoms with E-state index < -0.39 is 36.2 Å². The molecule has 2 aliphatic heterocycles. The van der Waals surface area contributed by atoms with Gasteiger partial charge in [-0.2, -0.15) is 0 Å². The van der Waals surface area contributed by atoms with Gasteiger partial charge in [-0.3, -0.25) is 19.3 Å². The van der Waals surface area contributed by atoms with Gasteiger partial charge in [0.15, 0.2) is 23.9 Å². The SMILES string of the molecule is C[C@@H](C(=O)OCC(=O)c1ccc2c(c1)OCO2)N1C(=O)c2ccccc2C1=O. The molecule has 8 nitrogen and oxygen atoms in total. The average molecular weight is 381 g/mol. The summed E-state index contributed by atoms with van der Waals surface area (Å²) in [4.78, 5) is 50.3. The second-order valence-electron chi connectivity index (χ2n) is 6.30. The normalized spacial score (nSPS) is 15.4. The van der Waals surface area contributed by atoms with Crippen LogP contribution in [0.15, 0.2) is 42.5 Å². The Kier molecular flexibility index (Phi) is 4.31. The molecular weight excluding hydrogens is 366 g/mol. The summed E-state index contributed by atoms with van der Waals surface area (Å²) in [6.07, 6.45) is 0. The van der Waals surface area contributed by atoms with Crippen molar-refractivity contribution in [3.05, 3.63) is 59.2 Å². The lowest BCUT2D eigenvalue weighted by atomic mass is 10.1. The van der Waals surface area contributed by atoms with Gasteiger partial charge < -0.3 is 14.2 Å². The van der Waals surface area contributed by atoms with E-state index in [0.29, 0.717) is 17.1 Å². The van der Waals surface area contributed by atoms with Crippen LogP contribution in [0.25, 0.3) is 0 Å². The molecule has 0 saturated carbocycles. The van der Waals surface area contributed by atoms with Crippen molar-refractivity contribution in [1.82, 2.24) is 4.90 Å². The van der Waals surface area contributed by atoms with E-state index in [-0.39, 0.29) is 17.9 Å². The molecule has 4 rings (SSSR count). The zero-order valence-electron chi connectivity index (χ0n) is 14.8. The van der Waals surface area contributed by atoms with Crippen LogP contribution in [-0.4, -0.2) is 47.9 Å². The minimum atomic E-state index is -1.16. The van der Waals surface area contributed by atoms with Crippen LogP contribution in [0.3, 0.4) is 0 Å². The first kappa shape index (κ1) is 17.7. The zero-order chi connectivity index (χ0) is 19.8. The molecule has 142 valence electrons. The van der Waals surface area contributed by atoms with Crippen molar-refractivity contribution in [2.75, 3.05) is 13.4 Å². The number of carbonyl (C=O) groups excluding carboxylic acids is 4. The van der Waals surface area contributed by atoms with E-state index in [4.69, 9.17) is 14.2 Å². The number of amides is 2. The Labute approximate surface area is 159 Å². The second kappa shape index (κ2) is 6.80. The molecule has 2 amide bonds. The molecule has 0 bridgehead atoms. The fraction of sp³-hybridized carbons (Fsp3) is 0.200. The molecule has 0 spiro atoms. The molecule has 2 aromatic carbocycles. The lowest BCUT2D eigenvalue weighted by molar-refractivity contribution is -0.146. The van der Waals surface area contributed by atoms with E-state index in [1.807, 2.05) is 0 Å². The minimum absolute atomic E-state index is 0.0831. The number of hydrogen-bond donors (Lipinski definition) is 0. The molecule has 0 N–H and O–H groups in total. The molecule has 0 fully saturated rings. The van der Waals surface area contributed by atoms with Gasteiger partial charge in [-0.25, -0.2) is 4.79 Å². The van der Waals surface area contributed by atoms with E-state index in [0.717, 1.165) is 4.90 Å². The molecule has 28 heavy (non-hydrogen) atoms. The van der Waals surface area contributed by atoms with Crippen LogP contribution in [0.1, 0.15) is 38.0 Å². The van der Waals surface area contributed by atoms with Gasteiger partial charge >= 0.3 is 5.97 Å². The summed E-state index contributed by atoms with van der Waals surface area (Å²) in [6, 6.07) is 9.81. The summed E-state index contributed by atoms with van der Waals surface area (Å²) in [5.74, 6) is -1.44. The number of nitrogens with zero attached hydrogens (tertiary/aromatic N) is 1. The average Bonchev–Trinajstić information content (AvgIpc) is 3.28.